The van der Waals surface area contributed by atoms with Crippen LogP contribution in [-0.2, 0) is 12.8 Å². The number of nitro benzene ring substituents is 1. The van der Waals surface area contributed by atoms with Gasteiger partial charge in [-0.2, -0.15) is 0 Å². The number of benzene rings is 1. The molecule has 0 radical (unpaired) electrons. The molecular weight excluding hydrogens is 279 g/mol. The van der Waals surface area contributed by atoms with E-state index in [0.29, 0.717) is 24.0 Å². The largest absolute Gasteiger partial charge is 0.494 e. The van der Waals surface area contributed by atoms with Crippen LogP contribution >= 0.6 is 0 Å². The van der Waals surface area contributed by atoms with Crippen molar-refractivity contribution in [1.29, 1.82) is 0 Å². The van der Waals surface area contributed by atoms with Crippen molar-refractivity contribution in [2.24, 2.45) is 0 Å². The van der Waals surface area contributed by atoms with Crippen molar-refractivity contribution >= 4 is 5.69 Å². The SMILES string of the molecule is O=[N+]([O-])c1ccc(F)c(-n2c(O)c3c(c2O)CCCC3)c1. The van der Waals surface area contributed by atoms with Gasteiger partial charge in [0.2, 0.25) is 11.8 Å². The summed E-state index contributed by atoms with van der Waals surface area (Å²) in [5.74, 6) is -1.25. The summed E-state index contributed by atoms with van der Waals surface area (Å²) in [5.41, 5.74) is 0.639. The van der Waals surface area contributed by atoms with Crippen molar-refractivity contribution in [1.82, 2.24) is 4.57 Å². The van der Waals surface area contributed by atoms with Crippen molar-refractivity contribution in [3.63, 3.8) is 0 Å². The summed E-state index contributed by atoms with van der Waals surface area (Å²) < 4.78 is 14.9. The third kappa shape index (κ3) is 2.01. The number of non-ortho nitro benzene ring substituents is 1. The fourth-order valence-corrected chi connectivity index (χ4v) is 2.78. The van der Waals surface area contributed by atoms with Gasteiger partial charge < -0.3 is 10.2 Å². The molecule has 0 atom stereocenters. The predicted octanol–water partition coefficient (Wildman–Crippen LogP) is 2.81. The minimum Gasteiger partial charge on any atom is -0.494 e. The summed E-state index contributed by atoms with van der Waals surface area (Å²) in [6.45, 7) is 0. The molecular formula is C14H13FN2O4. The molecule has 1 heterocycles. The van der Waals surface area contributed by atoms with Crippen LogP contribution in [0.1, 0.15) is 24.0 Å². The van der Waals surface area contributed by atoms with Crippen LogP contribution < -0.4 is 0 Å². The van der Waals surface area contributed by atoms with Crippen LogP contribution in [0, 0.1) is 15.9 Å². The Kier molecular flexibility index (Phi) is 3.04. The van der Waals surface area contributed by atoms with E-state index in [1.807, 2.05) is 0 Å². The van der Waals surface area contributed by atoms with E-state index in [2.05, 4.69) is 0 Å². The summed E-state index contributed by atoms with van der Waals surface area (Å²) >= 11 is 0. The van der Waals surface area contributed by atoms with E-state index in [0.717, 1.165) is 35.6 Å². The van der Waals surface area contributed by atoms with E-state index in [9.17, 15) is 24.7 Å². The maximum Gasteiger partial charge on any atom is 0.271 e. The average molecular weight is 292 g/mol. The lowest BCUT2D eigenvalue weighted by molar-refractivity contribution is -0.384. The van der Waals surface area contributed by atoms with E-state index in [1.54, 1.807) is 0 Å². The Morgan fingerprint density at radius 3 is 2.24 bits per heavy atom. The van der Waals surface area contributed by atoms with Crippen LogP contribution in [0.3, 0.4) is 0 Å². The Hall–Kier alpha value is -2.57. The highest BCUT2D eigenvalue weighted by Gasteiger charge is 2.27. The molecule has 0 bridgehead atoms. The predicted molar refractivity (Wildman–Crippen MR) is 72.4 cm³/mol. The van der Waals surface area contributed by atoms with Gasteiger partial charge in [-0.05, 0) is 31.7 Å². The second-order valence-electron chi connectivity index (χ2n) is 5.04. The number of nitrogens with zero attached hydrogens (tertiary/aromatic N) is 2. The summed E-state index contributed by atoms with van der Waals surface area (Å²) in [6, 6.07) is 2.99. The van der Waals surface area contributed by atoms with Crippen LogP contribution in [-0.4, -0.2) is 19.7 Å². The molecule has 0 amide bonds. The zero-order chi connectivity index (χ0) is 15.1. The van der Waals surface area contributed by atoms with Gasteiger partial charge in [0.15, 0.2) is 0 Å². The van der Waals surface area contributed by atoms with Gasteiger partial charge in [0.05, 0.1) is 10.6 Å². The van der Waals surface area contributed by atoms with E-state index in [-0.39, 0.29) is 23.1 Å². The topological polar surface area (TPSA) is 88.5 Å². The fourth-order valence-electron chi connectivity index (χ4n) is 2.78. The van der Waals surface area contributed by atoms with Crippen LogP contribution in [0.4, 0.5) is 10.1 Å². The quantitative estimate of drug-likeness (QED) is 0.658. The summed E-state index contributed by atoms with van der Waals surface area (Å²) in [4.78, 5) is 10.2. The van der Waals surface area contributed by atoms with Gasteiger partial charge >= 0.3 is 0 Å². The molecule has 1 aromatic heterocycles. The number of fused-ring (bicyclic) bond motifs is 1. The maximum absolute atomic E-state index is 14.0. The molecule has 3 rings (SSSR count). The van der Waals surface area contributed by atoms with Crippen LogP contribution in [0.2, 0.25) is 0 Å². The zero-order valence-electron chi connectivity index (χ0n) is 11.0. The number of halogens is 1. The fraction of sp³-hybridized carbons (Fsp3) is 0.286. The summed E-state index contributed by atoms with van der Waals surface area (Å²) in [5, 5.41) is 31.3. The number of aromatic hydroxyl groups is 2. The first-order chi connectivity index (χ1) is 10.0. The normalized spacial score (nSPS) is 14.0. The van der Waals surface area contributed by atoms with E-state index < -0.39 is 10.7 Å². The smallest absolute Gasteiger partial charge is 0.271 e. The molecule has 0 unspecified atom stereocenters. The molecule has 7 heteroatoms. The monoisotopic (exact) mass is 292 g/mol. The minimum absolute atomic E-state index is 0.228. The van der Waals surface area contributed by atoms with E-state index in [4.69, 9.17) is 0 Å². The van der Waals surface area contributed by atoms with Crippen molar-refractivity contribution < 1.29 is 19.5 Å². The van der Waals surface area contributed by atoms with Crippen molar-refractivity contribution in [2.45, 2.75) is 25.7 Å². The molecule has 6 nitrogen and oxygen atoms in total. The van der Waals surface area contributed by atoms with Crippen molar-refractivity contribution in [2.75, 3.05) is 0 Å². The summed E-state index contributed by atoms with van der Waals surface area (Å²) in [6.07, 6.45) is 2.94. The molecule has 1 aliphatic rings. The molecule has 1 aromatic carbocycles. The Morgan fingerprint density at radius 1 is 1.14 bits per heavy atom. The second kappa shape index (κ2) is 4.76. The van der Waals surface area contributed by atoms with Gasteiger partial charge in [-0.1, -0.05) is 0 Å². The first-order valence-corrected chi connectivity index (χ1v) is 6.59. The third-order valence-electron chi connectivity index (χ3n) is 3.81. The molecule has 0 saturated heterocycles. The second-order valence-corrected chi connectivity index (χ2v) is 5.04. The first-order valence-electron chi connectivity index (χ1n) is 6.59. The minimum atomic E-state index is -0.751. The molecule has 110 valence electrons. The number of hydrogen-bond acceptors (Lipinski definition) is 4. The zero-order valence-corrected chi connectivity index (χ0v) is 11.0. The van der Waals surface area contributed by atoms with Crippen molar-refractivity contribution in [3.05, 3.63) is 45.3 Å². The molecule has 2 N–H and O–H groups in total. The van der Waals surface area contributed by atoms with Gasteiger partial charge in [-0.15, -0.1) is 0 Å². The van der Waals surface area contributed by atoms with Gasteiger partial charge in [0.25, 0.3) is 5.69 Å². The number of nitro groups is 1. The lowest BCUT2D eigenvalue weighted by atomic mass is 9.95. The highest BCUT2D eigenvalue weighted by Crippen LogP contribution is 2.41. The van der Waals surface area contributed by atoms with Crippen LogP contribution in [0.15, 0.2) is 18.2 Å². The number of aromatic nitrogens is 1. The molecule has 0 fully saturated rings. The standard InChI is InChI=1S/C14H13FN2O4/c15-11-6-5-8(17(20)21)7-12(11)16-13(18)9-3-1-2-4-10(9)14(16)19/h5-7,18-19H,1-4H2. The van der Waals surface area contributed by atoms with Gasteiger partial charge in [0, 0.05) is 23.3 Å². The molecule has 0 spiro atoms. The lowest BCUT2D eigenvalue weighted by Gasteiger charge is -2.09. The number of rotatable bonds is 2. The van der Waals surface area contributed by atoms with Crippen LogP contribution in [0.25, 0.3) is 5.69 Å². The van der Waals surface area contributed by atoms with Crippen molar-refractivity contribution in [3.8, 4) is 17.4 Å². The average Bonchev–Trinajstić information content (AvgIpc) is 2.72. The Bertz CT molecular complexity index is 710. The third-order valence-corrected chi connectivity index (χ3v) is 3.81. The Morgan fingerprint density at radius 2 is 1.71 bits per heavy atom. The highest BCUT2D eigenvalue weighted by atomic mass is 19.1. The Labute approximate surface area is 119 Å². The first kappa shape index (κ1) is 13.4. The molecule has 2 aromatic rings. The molecule has 21 heavy (non-hydrogen) atoms. The van der Waals surface area contributed by atoms with Gasteiger partial charge in [-0.3, -0.25) is 10.1 Å². The van der Waals surface area contributed by atoms with Gasteiger partial charge in [0.1, 0.15) is 5.82 Å². The van der Waals surface area contributed by atoms with E-state index in [1.165, 1.54) is 0 Å². The number of hydrogen-bond donors (Lipinski definition) is 2. The molecule has 0 saturated carbocycles. The lowest BCUT2D eigenvalue weighted by Crippen LogP contribution is -1.99. The van der Waals surface area contributed by atoms with Gasteiger partial charge in [-0.25, -0.2) is 8.96 Å². The Balaban J connectivity index is 2.24. The molecule has 0 aliphatic heterocycles. The highest BCUT2D eigenvalue weighted by molar-refractivity contribution is 5.56. The maximum atomic E-state index is 14.0. The van der Waals surface area contributed by atoms with E-state index >= 15 is 0 Å². The summed E-state index contributed by atoms with van der Waals surface area (Å²) in [7, 11) is 0. The van der Waals surface area contributed by atoms with Crippen LogP contribution in [0.5, 0.6) is 11.8 Å². The molecule has 1 aliphatic carbocycles.